The van der Waals surface area contributed by atoms with Crippen LogP contribution in [0.1, 0.15) is 118 Å². The van der Waals surface area contributed by atoms with Gasteiger partial charge in [-0.1, -0.05) is 105 Å². The molecule has 0 rings (SSSR count). The summed E-state index contributed by atoms with van der Waals surface area (Å²) in [5.74, 6) is -0.131. The van der Waals surface area contributed by atoms with E-state index in [2.05, 4.69) is 40.8 Å². The lowest BCUT2D eigenvalue weighted by molar-refractivity contribution is -0.145. The Morgan fingerprint density at radius 1 is 0.362 bits per heavy atom. The summed E-state index contributed by atoms with van der Waals surface area (Å²) in [7, 11) is -1.70. The maximum Gasteiger partial charge on any atom is 0.305 e. The SMILES string of the molecule is CCCCCCCCCCCCCCCC(=O)OCCOCCOCCOCCOCCOCCOCCOCCOCCOCCOCCO[Si](C)(C)C(C)(C)C. The minimum Gasteiger partial charge on any atom is -0.463 e. The van der Waals surface area contributed by atoms with Gasteiger partial charge in [0.15, 0.2) is 8.32 Å². The first-order valence-corrected chi connectivity index (χ1v) is 25.7. The molecule has 14 heteroatoms. The summed E-state index contributed by atoms with van der Waals surface area (Å²) < 4.78 is 66.5. The fourth-order valence-corrected chi connectivity index (χ4v) is 6.25. The van der Waals surface area contributed by atoms with Gasteiger partial charge >= 0.3 is 5.97 Å². The third-order valence-electron chi connectivity index (χ3n) is 9.82. The van der Waals surface area contributed by atoms with Crippen LogP contribution in [0, 0.1) is 0 Å². The van der Waals surface area contributed by atoms with Crippen molar-refractivity contribution in [2.24, 2.45) is 0 Å². The van der Waals surface area contributed by atoms with E-state index in [0.29, 0.717) is 145 Å². The predicted molar refractivity (Wildman–Crippen MR) is 233 cm³/mol. The average molecular weight is 855 g/mol. The molecule has 0 radical (unpaired) electrons. The summed E-state index contributed by atoms with van der Waals surface area (Å²) >= 11 is 0. The van der Waals surface area contributed by atoms with Gasteiger partial charge in [0, 0.05) is 6.42 Å². The van der Waals surface area contributed by atoms with E-state index in [1.807, 2.05) is 0 Å². The van der Waals surface area contributed by atoms with Crippen LogP contribution in [0.5, 0.6) is 0 Å². The van der Waals surface area contributed by atoms with Crippen LogP contribution in [0.15, 0.2) is 0 Å². The first kappa shape index (κ1) is 57.2. The first-order valence-electron chi connectivity index (χ1n) is 22.8. The van der Waals surface area contributed by atoms with Crippen LogP contribution in [-0.2, 0) is 61.3 Å². The normalized spacial score (nSPS) is 12.2. The number of hydrogen-bond donors (Lipinski definition) is 0. The van der Waals surface area contributed by atoms with Gasteiger partial charge in [-0.3, -0.25) is 4.79 Å². The van der Waals surface area contributed by atoms with Crippen molar-refractivity contribution in [3.05, 3.63) is 0 Å². The molecule has 0 aromatic rings. The summed E-state index contributed by atoms with van der Waals surface area (Å²) in [4.78, 5) is 11.9. The number of carbonyl (C=O) groups excluding carboxylic acids is 1. The van der Waals surface area contributed by atoms with Crippen molar-refractivity contribution < 1.29 is 61.3 Å². The van der Waals surface area contributed by atoms with E-state index in [4.69, 9.17) is 56.5 Å². The van der Waals surface area contributed by atoms with Crippen molar-refractivity contribution in [1.82, 2.24) is 0 Å². The fourth-order valence-electron chi connectivity index (χ4n) is 5.23. The molecule has 0 aromatic carbocycles. The molecule has 0 saturated carbocycles. The minimum absolute atomic E-state index is 0.131. The predicted octanol–water partition coefficient (Wildman–Crippen LogP) is 8.20. The van der Waals surface area contributed by atoms with Gasteiger partial charge in [-0.15, -0.1) is 0 Å². The standard InChI is InChI=1S/C44H90O13Si/c1-7-8-9-10-11-12-13-14-15-16-17-18-19-20-43(45)56-41-39-54-37-35-52-33-31-50-29-27-48-25-23-46-21-22-47-24-26-49-28-30-51-32-34-53-36-38-55-40-42-57-58(5,6)44(2,3)4/h7-42H2,1-6H3. The number of hydrogen-bond acceptors (Lipinski definition) is 13. The molecule has 58 heavy (non-hydrogen) atoms. The molecule has 0 aromatic heterocycles. The van der Waals surface area contributed by atoms with Crippen LogP contribution in [0.4, 0.5) is 0 Å². The Balaban J connectivity index is 3.17. The Kier molecular flexibility index (Phi) is 43.7. The number of carbonyl (C=O) groups is 1. The second kappa shape index (κ2) is 44.3. The zero-order valence-electron chi connectivity index (χ0n) is 38.3. The van der Waals surface area contributed by atoms with Crippen molar-refractivity contribution in [3.63, 3.8) is 0 Å². The Morgan fingerprint density at radius 2 is 0.603 bits per heavy atom. The average Bonchev–Trinajstić information content (AvgIpc) is 3.19. The first-order chi connectivity index (χ1) is 28.2. The number of rotatable bonds is 48. The van der Waals surface area contributed by atoms with Crippen molar-refractivity contribution >= 4 is 14.3 Å². The zero-order chi connectivity index (χ0) is 42.5. The molecule has 0 unspecified atom stereocenters. The van der Waals surface area contributed by atoms with Crippen molar-refractivity contribution in [2.45, 2.75) is 136 Å². The van der Waals surface area contributed by atoms with E-state index in [1.54, 1.807) is 0 Å². The molecule has 0 fully saturated rings. The summed E-state index contributed by atoms with van der Waals surface area (Å²) in [6.45, 7) is 24.5. The number of esters is 1. The highest BCUT2D eigenvalue weighted by Gasteiger charge is 2.36. The van der Waals surface area contributed by atoms with Crippen LogP contribution in [0.3, 0.4) is 0 Å². The molecule has 0 atom stereocenters. The van der Waals surface area contributed by atoms with E-state index >= 15 is 0 Å². The zero-order valence-corrected chi connectivity index (χ0v) is 39.3. The maximum atomic E-state index is 11.9. The van der Waals surface area contributed by atoms with Gasteiger partial charge in [-0.25, -0.2) is 0 Å². The lowest BCUT2D eigenvalue weighted by atomic mass is 10.0. The topological polar surface area (TPSA) is 128 Å². The van der Waals surface area contributed by atoms with Crippen LogP contribution in [0.2, 0.25) is 18.1 Å². The Hall–Kier alpha value is -0.753. The minimum atomic E-state index is -1.70. The van der Waals surface area contributed by atoms with Gasteiger partial charge in [-0.05, 0) is 24.6 Å². The number of unbranched alkanes of at least 4 members (excludes halogenated alkanes) is 12. The lowest BCUT2D eigenvalue weighted by Crippen LogP contribution is -2.41. The third kappa shape index (κ3) is 43.3. The fraction of sp³-hybridized carbons (Fsp3) is 0.977. The molecular formula is C44H90O13Si. The van der Waals surface area contributed by atoms with Crippen molar-refractivity contribution in [2.75, 3.05) is 145 Å². The monoisotopic (exact) mass is 855 g/mol. The lowest BCUT2D eigenvalue weighted by Gasteiger charge is -2.36. The third-order valence-corrected chi connectivity index (χ3v) is 14.4. The molecular weight excluding hydrogens is 765 g/mol. The highest BCUT2D eigenvalue weighted by Crippen LogP contribution is 2.36. The summed E-state index contributed by atoms with van der Waals surface area (Å²) in [6.07, 6.45) is 17.3. The van der Waals surface area contributed by atoms with Gasteiger partial charge in [-0.2, -0.15) is 0 Å². The van der Waals surface area contributed by atoms with Gasteiger partial charge in [0.1, 0.15) is 6.61 Å². The molecule has 0 bridgehead atoms. The number of ether oxygens (including phenoxy) is 11. The smallest absolute Gasteiger partial charge is 0.305 e. The van der Waals surface area contributed by atoms with E-state index in [1.165, 1.54) is 70.6 Å². The van der Waals surface area contributed by atoms with Gasteiger partial charge in [0.05, 0.1) is 139 Å². The molecule has 0 saturated heterocycles. The summed E-state index contributed by atoms with van der Waals surface area (Å²) in [5, 5.41) is 0.214. The molecule has 0 amide bonds. The van der Waals surface area contributed by atoms with Crippen molar-refractivity contribution in [3.8, 4) is 0 Å². The highest BCUT2D eigenvalue weighted by molar-refractivity contribution is 6.74. The largest absolute Gasteiger partial charge is 0.463 e. The van der Waals surface area contributed by atoms with E-state index in [0.717, 1.165) is 12.8 Å². The molecule has 13 nitrogen and oxygen atoms in total. The van der Waals surface area contributed by atoms with Gasteiger partial charge < -0.3 is 56.5 Å². The molecule has 348 valence electrons. The van der Waals surface area contributed by atoms with Crippen molar-refractivity contribution in [1.29, 1.82) is 0 Å². The molecule has 0 N–H and O–H groups in total. The van der Waals surface area contributed by atoms with Crippen LogP contribution >= 0.6 is 0 Å². The second-order valence-electron chi connectivity index (χ2n) is 15.9. The Morgan fingerprint density at radius 3 is 0.879 bits per heavy atom. The summed E-state index contributed by atoms with van der Waals surface area (Å²) in [6, 6.07) is 0. The summed E-state index contributed by atoms with van der Waals surface area (Å²) in [5.41, 5.74) is 0. The van der Waals surface area contributed by atoms with E-state index in [-0.39, 0.29) is 17.6 Å². The van der Waals surface area contributed by atoms with Gasteiger partial charge in [0.25, 0.3) is 0 Å². The van der Waals surface area contributed by atoms with Gasteiger partial charge in [0.2, 0.25) is 0 Å². The van der Waals surface area contributed by atoms with Crippen LogP contribution in [-0.4, -0.2) is 160 Å². The molecule has 0 aliphatic heterocycles. The second-order valence-corrected chi connectivity index (χ2v) is 20.8. The van der Waals surface area contributed by atoms with Crippen LogP contribution < -0.4 is 0 Å². The van der Waals surface area contributed by atoms with E-state index < -0.39 is 8.32 Å². The Labute approximate surface area is 355 Å². The highest BCUT2D eigenvalue weighted by atomic mass is 28.4. The van der Waals surface area contributed by atoms with E-state index in [9.17, 15) is 4.79 Å². The maximum absolute atomic E-state index is 11.9. The molecule has 0 aliphatic rings. The quantitative estimate of drug-likeness (QED) is 0.0332. The molecule has 0 aliphatic carbocycles. The molecule has 0 heterocycles. The molecule has 0 spiro atoms. The van der Waals surface area contributed by atoms with Crippen LogP contribution in [0.25, 0.3) is 0 Å². The Bertz CT molecular complexity index is 832.